The molecular formula is C15H22Cl2FN3O2. The van der Waals surface area contributed by atoms with Gasteiger partial charge in [0.25, 0.3) is 0 Å². The summed E-state index contributed by atoms with van der Waals surface area (Å²) in [6, 6.07) is 4.60. The van der Waals surface area contributed by atoms with Crippen LogP contribution in [-0.4, -0.2) is 30.7 Å². The summed E-state index contributed by atoms with van der Waals surface area (Å²) in [5.41, 5.74) is 5.88. The molecule has 3 rings (SSSR count). The third-order valence-electron chi connectivity index (χ3n) is 4.01. The van der Waals surface area contributed by atoms with Crippen molar-refractivity contribution in [1.82, 2.24) is 0 Å². The lowest BCUT2D eigenvalue weighted by molar-refractivity contribution is -0.118. The first-order chi connectivity index (χ1) is 10.1. The fourth-order valence-electron chi connectivity index (χ4n) is 2.38. The zero-order valence-corrected chi connectivity index (χ0v) is 14.3. The Morgan fingerprint density at radius 2 is 2.13 bits per heavy atom. The predicted octanol–water partition coefficient (Wildman–Crippen LogP) is 2.69. The summed E-state index contributed by atoms with van der Waals surface area (Å²) in [7, 11) is 0. The first-order valence-corrected chi connectivity index (χ1v) is 7.32. The van der Waals surface area contributed by atoms with Crippen LogP contribution < -0.4 is 16.4 Å². The lowest BCUT2D eigenvalue weighted by Crippen LogP contribution is -2.37. The molecule has 1 aromatic carbocycles. The molecule has 1 saturated heterocycles. The van der Waals surface area contributed by atoms with Crippen LogP contribution in [0.5, 0.6) is 0 Å². The molecule has 4 N–H and O–H groups in total. The van der Waals surface area contributed by atoms with E-state index in [9.17, 15) is 9.18 Å². The molecule has 0 aromatic heterocycles. The smallest absolute Gasteiger partial charge is 0.244 e. The Kier molecular flexibility index (Phi) is 7.07. The molecule has 0 spiro atoms. The van der Waals surface area contributed by atoms with E-state index in [2.05, 4.69) is 10.6 Å². The van der Waals surface area contributed by atoms with Crippen molar-refractivity contribution in [1.29, 1.82) is 0 Å². The van der Waals surface area contributed by atoms with Crippen molar-refractivity contribution < 1.29 is 13.9 Å². The second-order valence-electron chi connectivity index (χ2n) is 5.82. The molecule has 2 aliphatic rings. The van der Waals surface area contributed by atoms with E-state index in [1.807, 2.05) is 0 Å². The van der Waals surface area contributed by atoms with Crippen molar-refractivity contribution in [2.75, 3.05) is 23.8 Å². The van der Waals surface area contributed by atoms with Gasteiger partial charge in [0.15, 0.2) is 0 Å². The van der Waals surface area contributed by atoms with Gasteiger partial charge >= 0.3 is 0 Å². The minimum absolute atomic E-state index is 0. The largest absolute Gasteiger partial charge is 0.380 e. The number of nitrogens with one attached hydrogen (secondary N) is 2. The van der Waals surface area contributed by atoms with Gasteiger partial charge in [-0.05, 0) is 43.9 Å². The van der Waals surface area contributed by atoms with E-state index in [4.69, 9.17) is 10.5 Å². The van der Waals surface area contributed by atoms with Crippen LogP contribution in [0.2, 0.25) is 0 Å². The highest BCUT2D eigenvalue weighted by Gasteiger charge is 2.45. The Balaban J connectivity index is 0.00000132. The standard InChI is InChI=1S/C15H20FN3O2.2ClH/c16-12-8-10(19-14(20)15(17)5-6-15)3-4-13(12)18-9-11-2-1-7-21-11;;/h3-4,8,11,18H,1-2,5-7,9,17H2,(H,19,20);2*1H. The van der Waals surface area contributed by atoms with E-state index in [-0.39, 0.29) is 36.8 Å². The molecule has 8 heteroatoms. The molecule has 1 unspecified atom stereocenters. The summed E-state index contributed by atoms with van der Waals surface area (Å²) in [5, 5.41) is 5.69. The highest BCUT2D eigenvalue weighted by molar-refractivity contribution is 6.00. The van der Waals surface area contributed by atoms with Gasteiger partial charge < -0.3 is 21.1 Å². The topological polar surface area (TPSA) is 76.4 Å². The molecule has 130 valence electrons. The lowest BCUT2D eigenvalue weighted by atomic mass is 10.2. The number of halogens is 3. The maximum Gasteiger partial charge on any atom is 0.244 e. The van der Waals surface area contributed by atoms with Gasteiger partial charge in [0.05, 0.1) is 17.3 Å². The number of carbonyl (C=O) groups is 1. The molecular weight excluding hydrogens is 344 g/mol. The maximum atomic E-state index is 14.0. The van der Waals surface area contributed by atoms with Crippen LogP contribution in [0.1, 0.15) is 25.7 Å². The average Bonchev–Trinajstić information content (AvgIpc) is 3.01. The van der Waals surface area contributed by atoms with Crippen LogP contribution in [-0.2, 0) is 9.53 Å². The number of hydrogen-bond donors (Lipinski definition) is 3. The van der Waals surface area contributed by atoms with Crippen molar-refractivity contribution in [3.63, 3.8) is 0 Å². The average molecular weight is 366 g/mol. The van der Waals surface area contributed by atoms with Gasteiger partial charge in [-0.3, -0.25) is 4.79 Å². The van der Waals surface area contributed by atoms with Crippen molar-refractivity contribution in [2.24, 2.45) is 5.73 Å². The molecule has 0 bridgehead atoms. The molecule has 1 aromatic rings. The van der Waals surface area contributed by atoms with Crippen LogP contribution in [0.3, 0.4) is 0 Å². The third-order valence-corrected chi connectivity index (χ3v) is 4.01. The lowest BCUT2D eigenvalue weighted by Gasteiger charge is -2.14. The normalized spacial score (nSPS) is 20.9. The Bertz CT molecular complexity index is 550. The van der Waals surface area contributed by atoms with Crippen molar-refractivity contribution in [3.05, 3.63) is 24.0 Å². The zero-order chi connectivity index (χ0) is 14.9. The van der Waals surface area contributed by atoms with E-state index in [1.165, 1.54) is 6.07 Å². The number of nitrogens with two attached hydrogens (primary N) is 1. The van der Waals surface area contributed by atoms with Gasteiger partial charge in [-0.1, -0.05) is 0 Å². The van der Waals surface area contributed by atoms with E-state index >= 15 is 0 Å². The second-order valence-corrected chi connectivity index (χ2v) is 5.82. The van der Waals surface area contributed by atoms with Gasteiger partial charge in [-0.25, -0.2) is 4.39 Å². The Morgan fingerprint density at radius 1 is 1.39 bits per heavy atom. The summed E-state index contributed by atoms with van der Waals surface area (Å²) in [6.07, 6.45) is 3.57. The molecule has 1 heterocycles. The van der Waals surface area contributed by atoms with Crippen molar-refractivity contribution in [2.45, 2.75) is 37.3 Å². The number of benzene rings is 1. The monoisotopic (exact) mass is 365 g/mol. The molecule has 1 atom stereocenters. The van der Waals surface area contributed by atoms with Gasteiger partial charge in [-0.15, -0.1) is 24.8 Å². The van der Waals surface area contributed by atoms with Crippen LogP contribution in [0.15, 0.2) is 18.2 Å². The summed E-state index contributed by atoms with van der Waals surface area (Å²) in [6.45, 7) is 1.37. The number of hydrogen-bond acceptors (Lipinski definition) is 4. The van der Waals surface area contributed by atoms with E-state index < -0.39 is 11.4 Å². The molecule has 2 fully saturated rings. The molecule has 1 saturated carbocycles. The fraction of sp³-hybridized carbons (Fsp3) is 0.533. The number of carbonyl (C=O) groups excluding carboxylic acids is 1. The van der Waals surface area contributed by atoms with Crippen LogP contribution in [0.25, 0.3) is 0 Å². The Hall–Kier alpha value is -1.08. The highest BCUT2D eigenvalue weighted by atomic mass is 35.5. The Morgan fingerprint density at radius 3 is 2.70 bits per heavy atom. The van der Waals surface area contributed by atoms with Crippen molar-refractivity contribution in [3.8, 4) is 0 Å². The first-order valence-electron chi connectivity index (χ1n) is 7.32. The maximum absolute atomic E-state index is 14.0. The number of ether oxygens (including phenoxy) is 1. The van der Waals surface area contributed by atoms with Crippen LogP contribution >= 0.6 is 24.8 Å². The SMILES string of the molecule is Cl.Cl.NC1(C(=O)Nc2ccc(NCC3CCCO3)c(F)c2)CC1. The minimum Gasteiger partial charge on any atom is -0.380 e. The van der Waals surface area contributed by atoms with Crippen molar-refractivity contribution >= 4 is 42.1 Å². The highest BCUT2D eigenvalue weighted by Crippen LogP contribution is 2.33. The predicted molar refractivity (Wildman–Crippen MR) is 93.1 cm³/mol. The summed E-state index contributed by atoms with van der Waals surface area (Å²) in [4.78, 5) is 11.8. The minimum atomic E-state index is -0.757. The van der Waals surface area contributed by atoms with E-state index in [0.29, 0.717) is 30.8 Å². The van der Waals surface area contributed by atoms with Gasteiger partial charge in [0.2, 0.25) is 5.91 Å². The zero-order valence-electron chi connectivity index (χ0n) is 12.6. The van der Waals surface area contributed by atoms with E-state index in [1.54, 1.807) is 12.1 Å². The molecule has 1 amide bonds. The van der Waals surface area contributed by atoms with Gasteiger partial charge in [0, 0.05) is 18.8 Å². The summed E-state index contributed by atoms with van der Waals surface area (Å²) >= 11 is 0. The first kappa shape index (κ1) is 20.0. The summed E-state index contributed by atoms with van der Waals surface area (Å²) < 4.78 is 19.5. The number of amides is 1. The van der Waals surface area contributed by atoms with Crippen LogP contribution in [0, 0.1) is 5.82 Å². The van der Waals surface area contributed by atoms with Gasteiger partial charge in [0.1, 0.15) is 5.82 Å². The molecule has 1 aliphatic carbocycles. The molecule has 1 aliphatic heterocycles. The second kappa shape index (κ2) is 8.15. The Labute approximate surface area is 147 Å². The fourth-order valence-corrected chi connectivity index (χ4v) is 2.38. The molecule has 23 heavy (non-hydrogen) atoms. The number of anilines is 2. The van der Waals surface area contributed by atoms with Gasteiger partial charge in [-0.2, -0.15) is 0 Å². The third kappa shape index (κ3) is 4.94. The van der Waals surface area contributed by atoms with E-state index in [0.717, 1.165) is 19.4 Å². The molecule has 0 radical (unpaired) electrons. The quantitative estimate of drug-likeness (QED) is 0.749. The summed E-state index contributed by atoms with van der Waals surface area (Å²) in [5.74, 6) is -0.644. The molecule has 5 nitrogen and oxygen atoms in total. The number of rotatable bonds is 5. The van der Waals surface area contributed by atoms with Crippen LogP contribution in [0.4, 0.5) is 15.8 Å².